The van der Waals surface area contributed by atoms with E-state index in [4.69, 9.17) is 5.11 Å². The van der Waals surface area contributed by atoms with Crippen molar-refractivity contribution < 1.29 is 23.5 Å². The second-order valence-electron chi connectivity index (χ2n) is 4.96. The Kier molecular flexibility index (Phi) is 4.32. The predicted octanol–water partition coefficient (Wildman–Crippen LogP) is 2.29. The Morgan fingerprint density at radius 1 is 1.30 bits per heavy atom. The van der Waals surface area contributed by atoms with Gasteiger partial charge in [-0.25, -0.2) is 8.78 Å². The van der Waals surface area contributed by atoms with Crippen LogP contribution in [-0.2, 0) is 4.79 Å². The van der Waals surface area contributed by atoms with Gasteiger partial charge in [-0.3, -0.25) is 9.59 Å². The highest BCUT2D eigenvalue weighted by molar-refractivity contribution is 5.94. The predicted molar refractivity (Wildman–Crippen MR) is 67.2 cm³/mol. The van der Waals surface area contributed by atoms with Crippen molar-refractivity contribution in [3.05, 3.63) is 35.4 Å². The average molecular weight is 283 g/mol. The zero-order chi connectivity index (χ0) is 14.7. The van der Waals surface area contributed by atoms with Crippen molar-refractivity contribution in [1.29, 1.82) is 0 Å². The van der Waals surface area contributed by atoms with Gasteiger partial charge in [0.25, 0.3) is 5.91 Å². The molecule has 6 heteroatoms. The van der Waals surface area contributed by atoms with Gasteiger partial charge < -0.3 is 10.0 Å². The maximum atomic E-state index is 13.6. The molecule has 1 aliphatic carbocycles. The molecule has 0 radical (unpaired) electrons. The number of rotatable bonds is 6. The van der Waals surface area contributed by atoms with Crippen molar-refractivity contribution in [1.82, 2.24) is 4.90 Å². The first-order chi connectivity index (χ1) is 9.47. The van der Waals surface area contributed by atoms with E-state index in [0.717, 1.165) is 31.0 Å². The second kappa shape index (κ2) is 5.98. The van der Waals surface area contributed by atoms with E-state index >= 15 is 0 Å². The molecule has 2 rings (SSSR count). The SMILES string of the molecule is O=C(O)CCN(CC1CC1)C(=O)c1cc(F)ccc1F. The lowest BCUT2D eigenvalue weighted by molar-refractivity contribution is -0.137. The highest BCUT2D eigenvalue weighted by atomic mass is 19.1. The van der Waals surface area contributed by atoms with Crippen LogP contribution < -0.4 is 0 Å². The van der Waals surface area contributed by atoms with Crippen molar-refractivity contribution in [2.24, 2.45) is 5.92 Å². The van der Waals surface area contributed by atoms with Crippen molar-refractivity contribution in [3.63, 3.8) is 0 Å². The smallest absolute Gasteiger partial charge is 0.305 e. The topological polar surface area (TPSA) is 57.6 Å². The minimum absolute atomic E-state index is 0.000615. The third kappa shape index (κ3) is 3.76. The molecule has 0 heterocycles. The van der Waals surface area contributed by atoms with Gasteiger partial charge in [0, 0.05) is 13.1 Å². The minimum atomic E-state index is -1.03. The van der Waals surface area contributed by atoms with Crippen LogP contribution in [0.25, 0.3) is 0 Å². The lowest BCUT2D eigenvalue weighted by Gasteiger charge is -2.22. The number of nitrogens with zero attached hydrogens (tertiary/aromatic N) is 1. The standard InChI is InChI=1S/C14H15F2NO3/c15-10-3-4-12(16)11(7-10)14(20)17(6-5-13(18)19)8-9-1-2-9/h3-4,7,9H,1-2,5-6,8H2,(H,18,19). The van der Waals surface area contributed by atoms with Gasteiger partial charge in [0.05, 0.1) is 12.0 Å². The minimum Gasteiger partial charge on any atom is -0.481 e. The van der Waals surface area contributed by atoms with Gasteiger partial charge in [-0.15, -0.1) is 0 Å². The van der Waals surface area contributed by atoms with E-state index in [1.54, 1.807) is 0 Å². The molecule has 1 saturated carbocycles. The zero-order valence-corrected chi connectivity index (χ0v) is 10.8. The van der Waals surface area contributed by atoms with Gasteiger partial charge in [-0.2, -0.15) is 0 Å². The Hall–Kier alpha value is -1.98. The highest BCUT2D eigenvalue weighted by Crippen LogP contribution is 2.30. The zero-order valence-electron chi connectivity index (χ0n) is 10.8. The van der Waals surface area contributed by atoms with Crippen LogP contribution in [0.15, 0.2) is 18.2 Å². The molecule has 4 nitrogen and oxygen atoms in total. The molecule has 1 amide bonds. The Bertz CT molecular complexity index is 529. The van der Waals surface area contributed by atoms with Crippen LogP contribution in [0, 0.1) is 17.6 Å². The first kappa shape index (κ1) is 14.4. The summed E-state index contributed by atoms with van der Waals surface area (Å²) in [5.74, 6) is -2.84. The largest absolute Gasteiger partial charge is 0.481 e. The number of carbonyl (C=O) groups excluding carboxylic acids is 1. The molecule has 1 aliphatic rings. The van der Waals surface area contributed by atoms with Gasteiger partial charge in [0.2, 0.25) is 0 Å². The Morgan fingerprint density at radius 3 is 2.60 bits per heavy atom. The molecule has 0 spiro atoms. The number of carboxylic acids is 1. The van der Waals surface area contributed by atoms with Crippen molar-refractivity contribution in [2.75, 3.05) is 13.1 Å². The van der Waals surface area contributed by atoms with E-state index in [0.29, 0.717) is 12.5 Å². The Balaban J connectivity index is 2.15. The molecule has 0 aromatic heterocycles. The normalized spacial score (nSPS) is 14.1. The van der Waals surface area contributed by atoms with Crippen molar-refractivity contribution in [3.8, 4) is 0 Å². The summed E-state index contributed by atoms with van der Waals surface area (Å²) in [6.45, 7) is 0.392. The number of benzene rings is 1. The number of carbonyl (C=O) groups is 2. The van der Waals surface area contributed by atoms with Gasteiger partial charge >= 0.3 is 5.97 Å². The van der Waals surface area contributed by atoms with Crippen LogP contribution >= 0.6 is 0 Å². The van der Waals surface area contributed by atoms with Gasteiger partial charge in [0.15, 0.2) is 0 Å². The summed E-state index contributed by atoms with van der Waals surface area (Å²) in [4.78, 5) is 24.1. The van der Waals surface area contributed by atoms with Crippen molar-refractivity contribution >= 4 is 11.9 Å². The Morgan fingerprint density at radius 2 is 2.00 bits per heavy atom. The maximum absolute atomic E-state index is 13.6. The van der Waals surface area contributed by atoms with E-state index in [2.05, 4.69) is 0 Å². The number of hydrogen-bond donors (Lipinski definition) is 1. The lowest BCUT2D eigenvalue weighted by atomic mass is 10.1. The van der Waals surface area contributed by atoms with E-state index < -0.39 is 23.5 Å². The van der Waals surface area contributed by atoms with Crippen LogP contribution in [0.5, 0.6) is 0 Å². The number of hydrogen-bond acceptors (Lipinski definition) is 2. The summed E-state index contributed by atoms with van der Waals surface area (Å²) < 4.78 is 26.7. The third-order valence-electron chi connectivity index (χ3n) is 3.22. The lowest BCUT2D eigenvalue weighted by Crippen LogP contribution is -2.35. The molecule has 108 valence electrons. The highest BCUT2D eigenvalue weighted by Gasteiger charge is 2.28. The number of aliphatic carboxylic acids is 1. The number of halogens is 2. The Labute approximate surface area is 115 Å². The van der Waals surface area contributed by atoms with E-state index in [9.17, 15) is 18.4 Å². The van der Waals surface area contributed by atoms with Gasteiger partial charge in [-0.1, -0.05) is 0 Å². The molecule has 0 atom stereocenters. The molecule has 1 aromatic carbocycles. The number of amides is 1. The van der Waals surface area contributed by atoms with Gasteiger partial charge in [-0.05, 0) is 37.0 Å². The summed E-state index contributed by atoms with van der Waals surface area (Å²) in [6, 6.07) is 2.68. The second-order valence-corrected chi connectivity index (χ2v) is 4.96. The molecule has 0 bridgehead atoms. The van der Waals surface area contributed by atoms with Crippen LogP contribution in [0.2, 0.25) is 0 Å². The molecule has 1 fully saturated rings. The molecule has 1 N–H and O–H groups in total. The van der Waals surface area contributed by atoms with E-state index in [-0.39, 0.29) is 18.5 Å². The van der Waals surface area contributed by atoms with Crippen LogP contribution in [-0.4, -0.2) is 35.0 Å². The molecule has 20 heavy (non-hydrogen) atoms. The summed E-state index contributed by atoms with van der Waals surface area (Å²) in [5, 5.41) is 8.69. The fourth-order valence-electron chi connectivity index (χ4n) is 1.95. The quantitative estimate of drug-likeness (QED) is 0.871. The molecular formula is C14H15F2NO3. The number of carboxylic acid groups (broad SMARTS) is 1. The monoisotopic (exact) mass is 283 g/mol. The van der Waals surface area contributed by atoms with Crippen LogP contribution in [0.1, 0.15) is 29.6 Å². The molecular weight excluding hydrogens is 268 g/mol. The summed E-state index contributed by atoms with van der Waals surface area (Å²) in [6.07, 6.45) is 1.74. The van der Waals surface area contributed by atoms with Crippen LogP contribution in [0.3, 0.4) is 0 Å². The average Bonchev–Trinajstić information content (AvgIpc) is 3.20. The molecule has 0 unspecified atom stereocenters. The first-order valence-electron chi connectivity index (χ1n) is 6.43. The fraction of sp³-hybridized carbons (Fsp3) is 0.429. The third-order valence-corrected chi connectivity index (χ3v) is 3.22. The summed E-state index contributed by atoms with van der Waals surface area (Å²) >= 11 is 0. The van der Waals surface area contributed by atoms with Gasteiger partial charge in [0.1, 0.15) is 11.6 Å². The van der Waals surface area contributed by atoms with Crippen molar-refractivity contribution in [2.45, 2.75) is 19.3 Å². The summed E-state index contributed by atoms with van der Waals surface area (Å²) in [7, 11) is 0. The molecule has 0 aliphatic heterocycles. The fourth-order valence-corrected chi connectivity index (χ4v) is 1.95. The molecule has 1 aromatic rings. The van der Waals surface area contributed by atoms with E-state index in [1.165, 1.54) is 4.90 Å². The van der Waals surface area contributed by atoms with E-state index in [1.807, 2.05) is 0 Å². The maximum Gasteiger partial charge on any atom is 0.305 e. The van der Waals surface area contributed by atoms with Crippen LogP contribution in [0.4, 0.5) is 8.78 Å². The first-order valence-corrected chi connectivity index (χ1v) is 6.43. The summed E-state index contributed by atoms with van der Waals surface area (Å²) in [5.41, 5.74) is -0.351. The molecule has 0 saturated heterocycles.